The van der Waals surface area contributed by atoms with Gasteiger partial charge in [0.05, 0.1) is 12.7 Å². The van der Waals surface area contributed by atoms with Gasteiger partial charge >= 0.3 is 0 Å². The molecule has 0 radical (unpaired) electrons. The lowest BCUT2D eigenvalue weighted by molar-refractivity contribution is 0.0173. The van der Waals surface area contributed by atoms with Gasteiger partial charge in [0.1, 0.15) is 10.7 Å². The van der Waals surface area contributed by atoms with E-state index < -0.39 is 20.7 Å². The summed E-state index contributed by atoms with van der Waals surface area (Å²) in [5, 5.41) is 8.90. The van der Waals surface area contributed by atoms with Gasteiger partial charge in [-0.15, -0.1) is 0 Å². The molecule has 5 nitrogen and oxygen atoms in total. The molecule has 7 heteroatoms. The van der Waals surface area contributed by atoms with Crippen LogP contribution in [0.3, 0.4) is 0 Å². The number of sulfonamides is 1. The summed E-state index contributed by atoms with van der Waals surface area (Å²) in [6.45, 7) is 2.03. The molecule has 112 valence electrons. The first-order chi connectivity index (χ1) is 9.42. The molecule has 1 aliphatic heterocycles. The number of hydrogen-bond donors (Lipinski definition) is 2. The molecule has 1 aromatic rings. The largest absolute Gasteiger partial charge is 0.392 e. The maximum atomic E-state index is 13.8. The van der Waals surface area contributed by atoms with Crippen molar-refractivity contribution in [3.8, 4) is 0 Å². The van der Waals surface area contributed by atoms with Crippen LogP contribution in [-0.4, -0.2) is 32.3 Å². The monoisotopic (exact) mass is 303 g/mol. The molecule has 1 aromatic carbocycles. The quantitative estimate of drug-likeness (QED) is 0.875. The maximum Gasteiger partial charge on any atom is 0.243 e. The Morgan fingerprint density at radius 3 is 2.85 bits per heavy atom. The van der Waals surface area contributed by atoms with E-state index in [0.717, 1.165) is 6.07 Å². The number of benzene rings is 1. The predicted octanol–water partition coefficient (Wildman–Crippen LogP) is 1.16. The second kappa shape index (κ2) is 6.17. The summed E-state index contributed by atoms with van der Waals surface area (Å²) >= 11 is 0. The normalized spacial score (nSPS) is 23.8. The van der Waals surface area contributed by atoms with E-state index in [1.54, 1.807) is 0 Å². The van der Waals surface area contributed by atoms with Crippen LogP contribution in [0.25, 0.3) is 0 Å². The van der Waals surface area contributed by atoms with Crippen molar-refractivity contribution in [1.82, 2.24) is 4.72 Å². The number of aliphatic hydroxyl groups excluding tert-OH is 1. The molecule has 0 spiro atoms. The van der Waals surface area contributed by atoms with E-state index in [1.807, 2.05) is 6.92 Å². The Bertz CT molecular complexity index is 576. The second-order valence-corrected chi connectivity index (χ2v) is 6.63. The number of rotatable bonds is 4. The highest BCUT2D eigenvalue weighted by Gasteiger charge is 2.26. The van der Waals surface area contributed by atoms with Crippen LogP contribution < -0.4 is 4.72 Å². The Labute approximate surface area is 117 Å². The van der Waals surface area contributed by atoms with Crippen molar-refractivity contribution in [3.63, 3.8) is 0 Å². The van der Waals surface area contributed by atoms with E-state index in [-0.39, 0.29) is 18.8 Å². The molecule has 0 bridgehead atoms. The van der Waals surface area contributed by atoms with E-state index in [1.165, 1.54) is 12.1 Å². The van der Waals surface area contributed by atoms with Crippen molar-refractivity contribution < 1.29 is 22.7 Å². The fourth-order valence-electron chi connectivity index (χ4n) is 2.25. The van der Waals surface area contributed by atoms with Crippen molar-refractivity contribution in [2.75, 3.05) is 6.61 Å². The SMILES string of the molecule is CC1CC(NS(=O)(=O)c2ccc(CO)cc2F)CCO1. The highest BCUT2D eigenvalue weighted by Crippen LogP contribution is 2.19. The summed E-state index contributed by atoms with van der Waals surface area (Å²) in [6.07, 6.45) is 1.12. The van der Waals surface area contributed by atoms with E-state index in [2.05, 4.69) is 4.72 Å². The van der Waals surface area contributed by atoms with Gasteiger partial charge in [0.25, 0.3) is 0 Å². The molecule has 2 rings (SSSR count). The van der Waals surface area contributed by atoms with E-state index >= 15 is 0 Å². The Balaban J connectivity index is 2.17. The number of ether oxygens (including phenoxy) is 1. The minimum Gasteiger partial charge on any atom is -0.392 e. The second-order valence-electron chi connectivity index (χ2n) is 4.95. The summed E-state index contributed by atoms with van der Waals surface area (Å²) in [6, 6.07) is 3.35. The average Bonchev–Trinajstić information content (AvgIpc) is 2.37. The molecule has 1 fully saturated rings. The van der Waals surface area contributed by atoms with Crippen molar-refractivity contribution >= 4 is 10.0 Å². The van der Waals surface area contributed by atoms with Crippen molar-refractivity contribution in [2.24, 2.45) is 0 Å². The molecule has 1 heterocycles. The van der Waals surface area contributed by atoms with Gasteiger partial charge in [-0.05, 0) is 37.5 Å². The molecule has 20 heavy (non-hydrogen) atoms. The first-order valence-corrected chi connectivity index (χ1v) is 7.94. The first-order valence-electron chi connectivity index (χ1n) is 6.45. The molecular formula is C13H18FNO4S. The van der Waals surface area contributed by atoms with E-state index in [4.69, 9.17) is 9.84 Å². The molecular weight excluding hydrogens is 285 g/mol. The third-order valence-electron chi connectivity index (χ3n) is 3.28. The molecule has 2 atom stereocenters. The van der Waals surface area contributed by atoms with Crippen LogP contribution in [-0.2, 0) is 21.4 Å². The van der Waals surface area contributed by atoms with Gasteiger partial charge in [0.15, 0.2) is 0 Å². The Kier molecular flexibility index (Phi) is 4.74. The van der Waals surface area contributed by atoms with Gasteiger partial charge in [-0.25, -0.2) is 17.5 Å². The van der Waals surface area contributed by atoms with Gasteiger partial charge in [-0.1, -0.05) is 6.07 Å². The molecule has 0 aromatic heterocycles. The topological polar surface area (TPSA) is 75.6 Å². The summed E-state index contributed by atoms with van der Waals surface area (Å²) in [7, 11) is -3.90. The molecule has 2 N–H and O–H groups in total. The number of aliphatic hydroxyl groups is 1. The highest BCUT2D eigenvalue weighted by atomic mass is 32.2. The molecule has 1 saturated heterocycles. The van der Waals surface area contributed by atoms with Crippen LogP contribution in [0.5, 0.6) is 0 Å². The molecule has 1 aliphatic rings. The number of hydrogen-bond acceptors (Lipinski definition) is 4. The van der Waals surface area contributed by atoms with E-state index in [9.17, 15) is 12.8 Å². The fourth-order valence-corrected chi connectivity index (χ4v) is 3.59. The summed E-state index contributed by atoms with van der Waals surface area (Å²) < 4.78 is 46.0. The molecule has 2 unspecified atom stereocenters. The van der Waals surface area contributed by atoms with E-state index in [0.29, 0.717) is 25.0 Å². The Morgan fingerprint density at radius 1 is 1.50 bits per heavy atom. The third kappa shape index (κ3) is 3.54. The van der Waals surface area contributed by atoms with Crippen LogP contribution in [0.1, 0.15) is 25.3 Å². The summed E-state index contributed by atoms with van der Waals surface area (Å²) in [5.41, 5.74) is 0.334. The van der Waals surface area contributed by atoms with Crippen molar-refractivity contribution in [3.05, 3.63) is 29.6 Å². The van der Waals surface area contributed by atoms with Crippen LogP contribution in [0.15, 0.2) is 23.1 Å². The van der Waals surface area contributed by atoms with Gasteiger partial charge in [0, 0.05) is 12.6 Å². The average molecular weight is 303 g/mol. The van der Waals surface area contributed by atoms with Gasteiger partial charge in [-0.3, -0.25) is 0 Å². The Morgan fingerprint density at radius 2 is 2.25 bits per heavy atom. The standard InChI is InChI=1S/C13H18FNO4S/c1-9-6-11(4-5-19-9)15-20(17,18)13-3-2-10(8-16)7-12(13)14/h2-3,7,9,11,15-16H,4-6,8H2,1H3. The highest BCUT2D eigenvalue weighted by molar-refractivity contribution is 7.89. The lowest BCUT2D eigenvalue weighted by Gasteiger charge is -2.27. The van der Waals surface area contributed by atoms with Crippen molar-refractivity contribution in [1.29, 1.82) is 0 Å². The molecule has 0 saturated carbocycles. The smallest absolute Gasteiger partial charge is 0.243 e. The molecule has 0 amide bonds. The zero-order chi connectivity index (χ0) is 14.8. The van der Waals surface area contributed by atoms with Crippen molar-refractivity contribution in [2.45, 2.75) is 43.4 Å². The maximum absolute atomic E-state index is 13.8. The first kappa shape index (κ1) is 15.4. The third-order valence-corrected chi connectivity index (χ3v) is 4.83. The lowest BCUT2D eigenvalue weighted by atomic mass is 10.1. The number of halogens is 1. The zero-order valence-electron chi connectivity index (χ0n) is 11.2. The minimum absolute atomic E-state index is 0.0157. The number of nitrogens with one attached hydrogen (secondary N) is 1. The Hall–Kier alpha value is -1.02. The molecule has 0 aliphatic carbocycles. The fraction of sp³-hybridized carbons (Fsp3) is 0.538. The summed E-state index contributed by atoms with van der Waals surface area (Å²) in [5.74, 6) is -0.857. The summed E-state index contributed by atoms with van der Waals surface area (Å²) in [4.78, 5) is -0.395. The lowest BCUT2D eigenvalue weighted by Crippen LogP contribution is -2.41. The van der Waals surface area contributed by atoms with Crippen LogP contribution in [0.4, 0.5) is 4.39 Å². The zero-order valence-corrected chi connectivity index (χ0v) is 12.0. The van der Waals surface area contributed by atoms with Gasteiger partial charge < -0.3 is 9.84 Å². The van der Waals surface area contributed by atoms with Gasteiger partial charge in [-0.2, -0.15) is 0 Å². The van der Waals surface area contributed by atoms with Crippen LogP contribution in [0.2, 0.25) is 0 Å². The predicted molar refractivity (Wildman–Crippen MR) is 71.1 cm³/mol. The van der Waals surface area contributed by atoms with Crippen LogP contribution in [0, 0.1) is 5.82 Å². The minimum atomic E-state index is -3.90. The van der Waals surface area contributed by atoms with Gasteiger partial charge in [0.2, 0.25) is 10.0 Å². The van der Waals surface area contributed by atoms with Crippen LogP contribution >= 0.6 is 0 Å².